The van der Waals surface area contributed by atoms with Crippen LogP contribution in [0.4, 0.5) is 26.3 Å². The highest BCUT2D eigenvalue weighted by atomic mass is 19.4. The van der Waals surface area contributed by atoms with Crippen LogP contribution in [0.3, 0.4) is 0 Å². The number of hydrogen-bond donors (Lipinski definition) is 1. The number of oxime groups is 1. The molecule has 20 heteroatoms. The van der Waals surface area contributed by atoms with Gasteiger partial charge in [-0.2, -0.15) is 26.3 Å². The fraction of sp³-hybridized carbons (Fsp3) is 0.500. The van der Waals surface area contributed by atoms with E-state index in [9.17, 15) is 35.9 Å². The third-order valence-electron chi connectivity index (χ3n) is 6.16. The molecule has 1 saturated heterocycles. The van der Waals surface area contributed by atoms with Gasteiger partial charge >= 0.3 is 24.3 Å². The highest BCUT2D eigenvalue weighted by molar-refractivity contribution is 5.97. The predicted octanol–water partition coefficient (Wildman–Crippen LogP) is 3.03. The lowest BCUT2D eigenvalue weighted by molar-refractivity contribution is -0.200. The van der Waals surface area contributed by atoms with Crippen molar-refractivity contribution < 1.29 is 55.1 Å². The van der Waals surface area contributed by atoms with E-state index in [1.807, 2.05) is 0 Å². The summed E-state index contributed by atoms with van der Waals surface area (Å²) in [5.74, 6) is -4.71. The van der Waals surface area contributed by atoms with Gasteiger partial charge in [0.2, 0.25) is 11.8 Å². The molecule has 0 spiro atoms. The van der Waals surface area contributed by atoms with Crippen molar-refractivity contribution in [3.05, 3.63) is 47.8 Å². The molecule has 0 bridgehead atoms. The second-order valence-corrected chi connectivity index (χ2v) is 9.59. The van der Waals surface area contributed by atoms with E-state index >= 15 is 0 Å². The number of alkyl halides is 6. The lowest BCUT2D eigenvalue weighted by atomic mass is 10.2. The average Bonchev–Trinajstić information content (AvgIpc) is 3.02. The fourth-order valence-electron chi connectivity index (χ4n) is 3.80. The van der Waals surface area contributed by atoms with E-state index in [-0.39, 0.29) is 12.1 Å². The first-order chi connectivity index (χ1) is 21.8. The van der Waals surface area contributed by atoms with Crippen molar-refractivity contribution in [3.8, 4) is 11.8 Å². The van der Waals surface area contributed by atoms with Gasteiger partial charge in [0.15, 0.2) is 5.84 Å². The van der Waals surface area contributed by atoms with E-state index < -0.39 is 30.1 Å². The van der Waals surface area contributed by atoms with Gasteiger partial charge in [-0.25, -0.2) is 19.6 Å². The number of nitrogens with zero attached hydrogens (tertiary/aromatic N) is 7. The van der Waals surface area contributed by atoms with Crippen molar-refractivity contribution in [2.45, 2.75) is 31.7 Å². The summed E-state index contributed by atoms with van der Waals surface area (Å²) in [6.45, 7) is 5.94. The Labute approximate surface area is 258 Å². The van der Waals surface area contributed by atoms with Crippen LogP contribution in [0.1, 0.15) is 24.0 Å². The van der Waals surface area contributed by atoms with Crippen molar-refractivity contribution in [1.82, 2.24) is 19.8 Å². The maximum atomic E-state index is 12.2. The molecule has 0 aromatic carbocycles. The molecule has 0 amide bonds. The standard InChI is InChI=1S/C26H30F6N8O6/c27-25(28,29)23(41)45-37-22(33)19-4-6-21(35-17-19)44-14-2-8-40-11-9-39(10-12-40)7-1-13-43-20-5-3-18(15-34-20)16-36-38-46-24(42)26(30,31)32/h3-6,15,17H,1-2,7-14,16H2,(H2,33,37). The Morgan fingerprint density at radius 2 is 1.30 bits per heavy atom. The Kier molecular flexibility index (Phi) is 13.4. The molecule has 0 unspecified atom stereocenters. The quantitative estimate of drug-likeness (QED) is 0.0566. The number of hydrogen-bond acceptors (Lipinski definition) is 13. The Morgan fingerprint density at radius 1 is 0.783 bits per heavy atom. The van der Waals surface area contributed by atoms with Crippen molar-refractivity contribution in [3.63, 3.8) is 0 Å². The molecule has 1 fully saturated rings. The molecule has 2 aromatic rings. The van der Waals surface area contributed by atoms with E-state index in [0.717, 1.165) is 52.1 Å². The van der Waals surface area contributed by atoms with Crippen LogP contribution in [0.5, 0.6) is 11.8 Å². The van der Waals surface area contributed by atoms with Gasteiger partial charge in [0.25, 0.3) is 0 Å². The van der Waals surface area contributed by atoms with E-state index in [2.05, 4.69) is 45.0 Å². The molecule has 1 aliphatic rings. The SMILES string of the molecule is NC(=NOC(=O)C(F)(F)F)c1ccc(OCCCN2CCN(CCCOc3ccc(CN=NOC(=O)C(F)(F)F)cn3)CC2)nc1. The maximum Gasteiger partial charge on any atom is 0.493 e. The first-order valence-corrected chi connectivity index (χ1v) is 13.7. The molecule has 2 aromatic heterocycles. The van der Waals surface area contributed by atoms with Crippen LogP contribution < -0.4 is 15.2 Å². The number of rotatable bonds is 15. The van der Waals surface area contributed by atoms with Gasteiger partial charge in [-0.05, 0) is 24.5 Å². The lowest BCUT2D eigenvalue weighted by Crippen LogP contribution is -2.47. The van der Waals surface area contributed by atoms with E-state index in [1.54, 1.807) is 12.1 Å². The highest BCUT2D eigenvalue weighted by Gasteiger charge is 2.42. The van der Waals surface area contributed by atoms with Crippen molar-refractivity contribution in [1.29, 1.82) is 0 Å². The average molecular weight is 665 g/mol. The molecule has 0 saturated carbocycles. The van der Waals surface area contributed by atoms with E-state index in [0.29, 0.717) is 30.5 Å². The Morgan fingerprint density at radius 3 is 1.78 bits per heavy atom. The fourth-order valence-corrected chi connectivity index (χ4v) is 3.80. The number of piperazine rings is 1. The van der Waals surface area contributed by atoms with Gasteiger partial charge in [-0.15, -0.1) is 5.11 Å². The van der Waals surface area contributed by atoms with Crippen LogP contribution in [0, 0.1) is 0 Å². The summed E-state index contributed by atoms with van der Waals surface area (Å²) in [6, 6.07) is 6.11. The van der Waals surface area contributed by atoms with E-state index in [4.69, 9.17) is 15.2 Å². The summed E-state index contributed by atoms with van der Waals surface area (Å²) in [5, 5.41) is 9.08. The highest BCUT2D eigenvalue weighted by Crippen LogP contribution is 2.18. The first kappa shape index (κ1) is 35.9. The van der Waals surface area contributed by atoms with Gasteiger partial charge < -0.3 is 29.8 Å². The molecular weight excluding hydrogens is 634 g/mol. The lowest BCUT2D eigenvalue weighted by Gasteiger charge is -2.34. The zero-order valence-corrected chi connectivity index (χ0v) is 24.2. The number of pyridine rings is 2. The van der Waals surface area contributed by atoms with Crippen LogP contribution >= 0.6 is 0 Å². The molecule has 252 valence electrons. The third kappa shape index (κ3) is 12.8. The number of nitrogens with two attached hydrogens (primary N) is 1. The minimum atomic E-state index is -5.18. The number of carbonyl (C=O) groups excluding carboxylic acids is 2. The summed E-state index contributed by atoms with van der Waals surface area (Å²) in [6.07, 6.45) is -6.14. The number of halogens is 6. The molecular formula is C26H30F6N8O6. The van der Waals surface area contributed by atoms with Crippen molar-refractivity contribution in [2.75, 3.05) is 52.5 Å². The Balaban J connectivity index is 1.23. The summed E-state index contributed by atoms with van der Waals surface area (Å²) in [7, 11) is 0. The monoisotopic (exact) mass is 664 g/mol. The Bertz CT molecular complexity index is 1320. The first-order valence-electron chi connectivity index (χ1n) is 13.7. The topological polar surface area (TPSA) is 166 Å². The van der Waals surface area contributed by atoms with Crippen LogP contribution in [0.15, 0.2) is 52.2 Å². The number of ether oxygens (including phenoxy) is 2. The second kappa shape index (κ2) is 17.2. The minimum Gasteiger partial charge on any atom is -0.478 e. The van der Waals surface area contributed by atoms with Gasteiger partial charge in [0.05, 0.1) is 19.8 Å². The van der Waals surface area contributed by atoms with Crippen molar-refractivity contribution >= 4 is 17.8 Å². The summed E-state index contributed by atoms with van der Waals surface area (Å²) >= 11 is 0. The molecule has 3 heterocycles. The molecule has 3 rings (SSSR count). The molecule has 0 atom stereocenters. The zero-order valence-electron chi connectivity index (χ0n) is 24.2. The molecule has 46 heavy (non-hydrogen) atoms. The number of carbonyl (C=O) groups is 2. The molecule has 0 radical (unpaired) electrons. The normalized spacial score (nSPS) is 15.1. The Hall–Kier alpha value is -4.59. The number of amidine groups is 1. The summed E-state index contributed by atoms with van der Waals surface area (Å²) in [4.78, 5) is 41.4. The second-order valence-electron chi connectivity index (χ2n) is 9.59. The summed E-state index contributed by atoms with van der Waals surface area (Å²) < 4.78 is 83.8. The van der Waals surface area contributed by atoms with Crippen LogP contribution in [0.2, 0.25) is 0 Å². The summed E-state index contributed by atoms with van der Waals surface area (Å²) in [5.41, 5.74) is 6.20. The van der Waals surface area contributed by atoms with Gasteiger partial charge in [0, 0.05) is 74.6 Å². The third-order valence-corrected chi connectivity index (χ3v) is 6.16. The van der Waals surface area contributed by atoms with Gasteiger partial charge in [0.1, 0.15) is 0 Å². The minimum absolute atomic E-state index is 0.127. The molecule has 2 N–H and O–H groups in total. The zero-order chi connectivity index (χ0) is 33.6. The number of aromatic nitrogens is 2. The maximum absolute atomic E-state index is 12.2. The predicted molar refractivity (Wildman–Crippen MR) is 145 cm³/mol. The molecule has 1 aliphatic heterocycles. The molecule has 0 aliphatic carbocycles. The van der Waals surface area contributed by atoms with Crippen LogP contribution in [-0.4, -0.2) is 102 Å². The van der Waals surface area contributed by atoms with E-state index in [1.165, 1.54) is 24.5 Å². The molecule has 14 nitrogen and oxygen atoms in total. The van der Waals surface area contributed by atoms with Crippen LogP contribution in [0.25, 0.3) is 0 Å². The van der Waals surface area contributed by atoms with Crippen LogP contribution in [-0.2, 0) is 25.8 Å². The smallest absolute Gasteiger partial charge is 0.478 e. The largest absolute Gasteiger partial charge is 0.493 e. The van der Waals surface area contributed by atoms with Gasteiger partial charge in [-0.1, -0.05) is 11.2 Å². The van der Waals surface area contributed by atoms with Crippen molar-refractivity contribution in [2.24, 2.45) is 21.3 Å². The van der Waals surface area contributed by atoms with Gasteiger partial charge in [-0.3, -0.25) is 4.84 Å².